The Bertz CT molecular complexity index is 433. The van der Waals surface area contributed by atoms with Gasteiger partial charge in [-0.25, -0.2) is 0 Å². The second-order valence-electron chi connectivity index (χ2n) is 6.12. The van der Waals surface area contributed by atoms with Gasteiger partial charge in [0.1, 0.15) is 0 Å². The molecule has 0 bridgehead atoms. The van der Waals surface area contributed by atoms with Crippen molar-refractivity contribution in [3.63, 3.8) is 0 Å². The molecule has 0 aliphatic carbocycles. The standard InChI is InChI=1S/C16H27N3OS/c1-12(2)15(14-6-4-10-21-14)19-9-3-5-13(11-19)16(20)18-8-7-17/h4,6,10,12-13,15H,3,5,7-9,11,17H2,1-2H3,(H,18,20). The van der Waals surface area contributed by atoms with Gasteiger partial charge in [0.25, 0.3) is 0 Å². The number of nitrogens with two attached hydrogens (primary N) is 1. The molecule has 2 heterocycles. The summed E-state index contributed by atoms with van der Waals surface area (Å²) < 4.78 is 0. The van der Waals surface area contributed by atoms with Crippen LogP contribution in [-0.2, 0) is 4.79 Å². The van der Waals surface area contributed by atoms with Crippen molar-refractivity contribution in [3.05, 3.63) is 22.4 Å². The number of amides is 1. The molecule has 2 rings (SSSR count). The molecular weight excluding hydrogens is 282 g/mol. The van der Waals surface area contributed by atoms with Crippen molar-refractivity contribution < 1.29 is 4.79 Å². The van der Waals surface area contributed by atoms with Crippen molar-refractivity contribution in [3.8, 4) is 0 Å². The van der Waals surface area contributed by atoms with Crippen molar-refractivity contribution in [2.75, 3.05) is 26.2 Å². The van der Waals surface area contributed by atoms with E-state index in [1.54, 1.807) is 0 Å². The van der Waals surface area contributed by atoms with Gasteiger partial charge in [-0.3, -0.25) is 9.69 Å². The number of rotatable bonds is 6. The van der Waals surface area contributed by atoms with E-state index in [4.69, 9.17) is 5.73 Å². The van der Waals surface area contributed by atoms with Crippen molar-refractivity contribution in [1.29, 1.82) is 0 Å². The van der Waals surface area contributed by atoms with Gasteiger partial charge in [0.15, 0.2) is 0 Å². The SMILES string of the molecule is CC(C)C(c1cccs1)N1CCCC(C(=O)NCCN)C1. The van der Waals surface area contributed by atoms with Crippen LogP contribution in [-0.4, -0.2) is 37.0 Å². The Morgan fingerprint density at radius 2 is 2.38 bits per heavy atom. The van der Waals surface area contributed by atoms with Crippen LogP contribution in [0.25, 0.3) is 0 Å². The molecule has 4 nitrogen and oxygen atoms in total. The van der Waals surface area contributed by atoms with Crippen LogP contribution in [0.1, 0.15) is 37.6 Å². The topological polar surface area (TPSA) is 58.4 Å². The van der Waals surface area contributed by atoms with Crippen LogP contribution in [0.15, 0.2) is 17.5 Å². The highest BCUT2D eigenvalue weighted by Crippen LogP contribution is 2.34. The Kier molecular flexibility index (Phi) is 6.21. The monoisotopic (exact) mass is 309 g/mol. The molecule has 2 unspecified atom stereocenters. The van der Waals surface area contributed by atoms with E-state index < -0.39 is 0 Å². The highest BCUT2D eigenvalue weighted by atomic mass is 32.1. The van der Waals surface area contributed by atoms with Crippen LogP contribution in [0, 0.1) is 11.8 Å². The Hall–Kier alpha value is -0.910. The number of thiophene rings is 1. The third-order valence-electron chi connectivity index (χ3n) is 4.13. The summed E-state index contributed by atoms with van der Waals surface area (Å²) in [5.74, 6) is 0.819. The number of carbonyl (C=O) groups excluding carboxylic acids is 1. The number of hydrogen-bond donors (Lipinski definition) is 2. The first-order valence-corrected chi connectivity index (χ1v) is 8.76. The molecule has 5 heteroatoms. The minimum atomic E-state index is 0.103. The molecule has 21 heavy (non-hydrogen) atoms. The summed E-state index contributed by atoms with van der Waals surface area (Å²) in [4.78, 5) is 16.1. The average Bonchev–Trinajstić information content (AvgIpc) is 2.98. The van der Waals surface area contributed by atoms with Gasteiger partial charge in [-0.2, -0.15) is 0 Å². The van der Waals surface area contributed by atoms with Crippen molar-refractivity contribution in [2.45, 2.75) is 32.7 Å². The molecule has 2 atom stereocenters. The summed E-state index contributed by atoms with van der Waals surface area (Å²) >= 11 is 1.82. The molecule has 0 spiro atoms. The van der Waals surface area contributed by atoms with Crippen LogP contribution >= 0.6 is 11.3 Å². The van der Waals surface area contributed by atoms with E-state index in [0.29, 0.717) is 25.0 Å². The zero-order chi connectivity index (χ0) is 15.2. The molecule has 1 aliphatic heterocycles. The predicted molar refractivity (Wildman–Crippen MR) is 88.3 cm³/mol. The minimum absolute atomic E-state index is 0.103. The zero-order valence-corrected chi connectivity index (χ0v) is 13.9. The third-order valence-corrected chi connectivity index (χ3v) is 5.07. The molecule has 1 amide bonds. The minimum Gasteiger partial charge on any atom is -0.355 e. The Labute approximate surface area is 131 Å². The quantitative estimate of drug-likeness (QED) is 0.847. The van der Waals surface area contributed by atoms with Gasteiger partial charge in [-0.05, 0) is 36.8 Å². The molecule has 1 aromatic heterocycles. The van der Waals surface area contributed by atoms with Gasteiger partial charge in [-0.1, -0.05) is 19.9 Å². The maximum atomic E-state index is 12.2. The number of hydrogen-bond acceptors (Lipinski definition) is 4. The highest BCUT2D eigenvalue weighted by Gasteiger charge is 2.32. The maximum Gasteiger partial charge on any atom is 0.224 e. The van der Waals surface area contributed by atoms with Gasteiger partial charge >= 0.3 is 0 Å². The Balaban J connectivity index is 2.03. The molecule has 0 aromatic carbocycles. The average molecular weight is 309 g/mol. The second-order valence-corrected chi connectivity index (χ2v) is 7.10. The van der Waals surface area contributed by atoms with Gasteiger partial charge in [0.05, 0.1) is 5.92 Å². The molecule has 118 valence electrons. The fraction of sp³-hybridized carbons (Fsp3) is 0.688. The van der Waals surface area contributed by atoms with Crippen molar-refractivity contribution in [1.82, 2.24) is 10.2 Å². The summed E-state index contributed by atoms with van der Waals surface area (Å²) in [6, 6.07) is 4.76. The fourth-order valence-corrected chi connectivity index (χ4v) is 4.23. The van der Waals surface area contributed by atoms with E-state index in [-0.39, 0.29) is 11.8 Å². The smallest absolute Gasteiger partial charge is 0.224 e. The van der Waals surface area contributed by atoms with E-state index in [0.717, 1.165) is 25.9 Å². The lowest BCUT2D eigenvalue weighted by atomic mass is 9.92. The van der Waals surface area contributed by atoms with E-state index in [2.05, 4.69) is 41.6 Å². The van der Waals surface area contributed by atoms with Gasteiger partial charge in [-0.15, -0.1) is 11.3 Å². The normalized spacial score (nSPS) is 21.4. The third kappa shape index (κ3) is 4.28. The van der Waals surface area contributed by atoms with E-state index in [9.17, 15) is 4.79 Å². The number of piperidine rings is 1. The highest BCUT2D eigenvalue weighted by molar-refractivity contribution is 7.10. The first-order chi connectivity index (χ1) is 10.1. The number of nitrogens with one attached hydrogen (secondary N) is 1. The van der Waals surface area contributed by atoms with Gasteiger partial charge in [0, 0.05) is 30.6 Å². The van der Waals surface area contributed by atoms with Crippen LogP contribution in [0.2, 0.25) is 0 Å². The summed E-state index contributed by atoms with van der Waals surface area (Å²) in [5, 5.41) is 5.08. The van der Waals surface area contributed by atoms with Crippen molar-refractivity contribution in [2.24, 2.45) is 17.6 Å². The van der Waals surface area contributed by atoms with E-state index in [1.165, 1.54) is 4.88 Å². The molecule has 0 radical (unpaired) electrons. The van der Waals surface area contributed by atoms with Gasteiger partial charge < -0.3 is 11.1 Å². The predicted octanol–water partition coefficient (Wildman–Crippen LogP) is 2.23. The first kappa shape index (κ1) is 16.5. The van der Waals surface area contributed by atoms with Crippen LogP contribution in [0.4, 0.5) is 0 Å². The second kappa shape index (κ2) is 7.92. The molecule has 1 aromatic rings. The van der Waals surface area contributed by atoms with E-state index in [1.807, 2.05) is 11.3 Å². The lowest BCUT2D eigenvalue weighted by molar-refractivity contribution is -0.127. The largest absolute Gasteiger partial charge is 0.355 e. The lowest BCUT2D eigenvalue weighted by Gasteiger charge is -2.39. The number of carbonyl (C=O) groups is 1. The Morgan fingerprint density at radius 3 is 3.00 bits per heavy atom. The lowest BCUT2D eigenvalue weighted by Crippen LogP contribution is -2.46. The first-order valence-electron chi connectivity index (χ1n) is 7.88. The fourth-order valence-electron chi connectivity index (χ4n) is 3.20. The van der Waals surface area contributed by atoms with Crippen LogP contribution < -0.4 is 11.1 Å². The molecule has 1 saturated heterocycles. The molecule has 1 aliphatic rings. The van der Waals surface area contributed by atoms with Gasteiger partial charge in [0.2, 0.25) is 5.91 Å². The van der Waals surface area contributed by atoms with Crippen LogP contribution in [0.5, 0.6) is 0 Å². The summed E-state index contributed by atoms with van der Waals surface area (Å²) in [6.07, 6.45) is 2.08. The number of likely N-dealkylation sites (tertiary alicyclic amines) is 1. The van der Waals surface area contributed by atoms with E-state index >= 15 is 0 Å². The summed E-state index contributed by atoms with van der Waals surface area (Å²) in [7, 11) is 0. The number of nitrogens with zero attached hydrogens (tertiary/aromatic N) is 1. The molecule has 3 N–H and O–H groups in total. The van der Waals surface area contributed by atoms with Crippen molar-refractivity contribution >= 4 is 17.2 Å². The molecule has 1 fully saturated rings. The molecule has 0 saturated carbocycles. The Morgan fingerprint density at radius 1 is 1.57 bits per heavy atom. The zero-order valence-electron chi connectivity index (χ0n) is 13.0. The summed E-state index contributed by atoms with van der Waals surface area (Å²) in [6.45, 7) is 7.56. The summed E-state index contributed by atoms with van der Waals surface area (Å²) in [5.41, 5.74) is 5.46. The molecular formula is C16H27N3OS. The maximum absolute atomic E-state index is 12.2. The van der Waals surface area contributed by atoms with Crippen LogP contribution in [0.3, 0.4) is 0 Å².